The van der Waals surface area contributed by atoms with E-state index < -0.39 is 0 Å². The zero-order chi connectivity index (χ0) is 6.69. The highest BCUT2D eigenvalue weighted by Crippen LogP contribution is 2.21. The fourth-order valence-corrected chi connectivity index (χ4v) is 1.46. The summed E-state index contributed by atoms with van der Waals surface area (Å²) in [4.78, 5) is 3.84. The molecule has 0 aliphatic carbocycles. The lowest BCUT2D eigenvalue weighted by atomic mass is 10.9. The lowest BCUT2D eigenvalue weighted by Gasteiger charge is -1.76. The van der Waals surface area contributed by atoms with Gasteiger partial charge in [0.05, 0.1) is 0 Å². The van der Waals surface area contributed by atoms with Crippen molar-refractivity contribution in [3.8, 4) is 5.40 Å². The predicted molar refractivity (Wildman–Crippen MR) is 38.0 cm³/mol. The summed E-state index contributed by atoms with van der Waals surface area (Å²) in [6.07, 6.45) is 0. The summed E-state index contributed by atoms with van der Waals surface area (Å²) >= 11 is 2.41. The van der Waals surface area contributed by atoms with Crippen molar-refractivity contribution in [1.29, 1.82) is 5.26 Å². The van der Waals surface area contributed by atoms with Crippen LogP contribution in [0.1, 0.15) is 0 Å². The molecule has 0 spiro atoms. The molecule has 1 aromatic heterocycles. The Bertz CT molecular complexity index is 236. The van der Waals surface area contributed by atoms with E-state index in [1.54, 1.807) is 5.38 Å². The quantitative estimate of drug-likeness (QED) is 0.493. The fraction of sp³-hybridized carbons (Fsp3) is 0. The summed E-state index contributed by atoms with van der Waals surface area (Å²) in [6.45, 7) is 0. The van der Waals surface area contributed by atoms with Gasteiger partial charge in [-0.2, -0.15) is 5.26 Å². The molecule has 0 unspecified atom stereocenters. The zero-order valence-electron chi connectivity index (χ0n) is 4.37. The standard InChI is InChI=1S/C4H3N3S2/c5-2-9-4-7-3(6)1-8-4/h1H,6H2. The van der Waals surface area contributed by atoms with Gasteiger partial charge in [0.25, 0.3) is 0 Å². The van der Waals surface area contributed by atoms with Gasteiger partial charge >= 0.3 is 0 Å². The Morgan fingerprint density at radius 3 is 3.11 bits per heavy atom. The van der Waals surface area contributed by atoms with Gasteiger partial charge in [-0.1, -0.05) is 0 Å². The first-order chi connectivity index (χ1) is 4.33. The number of rotatable bonds is 1. The summed E-state index contributed by atoms with van der Waals surface area (Å²) < 4.78 is 0.704. The van der Waals surface area contributed by atoms with Gasteiger partial charge in [-0.25, -0.2) is 4.98 Å². The normalized spacial score (nSPS) is 8.78. The molecule has 0 atom stereocenters. The molecule has 0 amide bonds. The van der Waals surface area contributed by atoms with Crippen molar-refractivity contribution in [3.05, 3.63) is 5.38 Å². The average molecular weight is 157 g/mol. The first-order valence-corrected chi connectivity index (χ1v) is 3.79. The molecule has 46 valence electrons. The van der Waals surface area contributed by atoms with Crippen LogP contribution in [0.3, 0.4) is 0 Å². The summed E-state index contributed by atoms with van der Waals surface area (Å²) in [5.41, 5.74) is 5.29. The second kappa shape index (κ2) is 2.71. The Morgan fingerprint density at radius 1 is 1.89 bits per heavy atom. The fourth-order valence-electron chi connectivity index (χ4n) is 0.355. The number of nitriles is 1. The van der Waals surface area contributed by atoms with E-state index in [2.05, 4.69) is 4.98 Å². The third-order valence-electron chi connectivity index (χ3n) is 0.634. The summed E-state index contributed by atoms with van der Waals surface area (Å²) in [5, 5.41) is 11.8. The van der Waals surface area contributed by atoms with Crippen LogP contribution in [0.2, 0.25) is 0 Å². The maximum Gasteiger partial charge on any atom is 0.166 e. The Hall–Kier alpha value is -0.730. The first kappa shape index (κ1) is 6.39. The van der Waals surface area contributed by atoms with Crippen molar-refractivity contribution in [3.63, 3.8) is 0 Å². The number of aromatic nitrogens is 1. The molecule has 5 heteroatoms. The second-order valence-corrected chi connectivity index (χ2v) is 3.12. The molecule has 1 rings (SSSR count). The van der Waals surface area contributed by atoms with Crippen LogP contribution in [0.15, 0.2) is 9.72 Å². The van der Waals surface area contributed by atoms with Crippen LogP contribution < -0.4 is 5.73 Å². The predicted octanol–water partition coefficient (Wildman–Crippen LogP) is 1.30. The van der Waals surface area contributed by atoms with Crippen LogP contribution in [0, 0.1) is 10.7 Å². The summed E-state index contributed by atoms with van der Waals surface area (Å²) in [5.74, 6) is 0.484. The number of anilines is 1. The van der Waals surface area contributed by atoms with Crippen molar-refractivity contribution in [2.75, 3.05) is 5.73 Å². The number of thiazole rings is 1. The van der Waals surface area contributed by atoms with Crippen molar-refractivity contribution >= 4 is 28.9 Å². The Kier molecular flexibility index (Phi) is 1.92. The minimum absolute atomic E-state index is 0.484. The maximum absolute atomic E-state index is 8.17. The van der Waals surface area contributed by atoms with Crippen LogP contribution in [0.25, 0.3) is 0 Å². The topological polar surface area (TPSA) is 62.7 Å². The lowest BCUT2D eigenvalue weighted by molar-refractivity contribution is 1.27. The molecule has 9 heavy (non-hydrogen) atoms. The minimum atomic E-state index is 0.484. The van der Waals surface area contributed by atoms with E-state index in [0.717, 1.165) is 11.8 Å². The van der Waals surface area contributed by atoms with Gasteiger partial charge in [0.2, 0.25) is 0 Å². The van der Waals surface area contributed by atoms with Gasteiger partial charge in [-0.05, 0) is 0 Å². The highest BCUT2D eigenvalue weighted by Gasteiger charge is 1.96. The monoisotopic (exact) mass is 157 g/mol. The van der Waals surface area contributed by atoms with Gasteiger partial charge in [0.15, 0.2) is 4.34 Å². The lowest BCUT2D eigenvalue weighted by Crippen LogP contribution is -1.81. The average Bonchev–Trinajstić information content (AvgIpc) is 2.17. The molecule has 0 fully saturated rings. The van der Waals surface area contributed by atoms with Crippen LogP contribution in [0.4, 0.5) is 5.82 Å². The second-order valence-electron chi connectivity index (χ2n) is 1.23. The SMILES string of the molecule is N#CSc1nc(N)cs1. The van der Waals surface area contributed by atoms with E-state index in [1.165, 1.54) is 11.3 Å². The molecule has 0 aliphatic heterocycles. The van der Waals surface area contributed by atoms with Gasteiger partial charge in [0.1, 0.15) is 11.2 Å². The largest absolute Gasteiger partial charge is 0.383 e. The van der Waals surface area contributed by atoms with Crippen LogP contribution in [0.5, 0.6) is 0 Å². The number of thiocyanates is 1. The molecule has 2 N–H and O–H groups in total. The highest BCUT2D eigenvalue weighted by molar-refractivity contribution is 8.05. The van der Waals surface area contributed by atoms with Crippen molar-refractivity contribution < 1.29 is 0 Å². The molecule has 3 nitrogen and oxygen atoms in total. The molecule has 0 aromatic carbocycles. The third kappa shape index (κ3) is 1.59. The van der Waals surface area contributed by atoms with Crippen molar-refractivity contribution in [1.82, 2.24) is 4.98 Å². The van der Waals surface area contributed by atoms with E-state index in [9.17, 15) is 0 Å². The van der Waals surface area contributed by atoms with E-state index in [0.29, 0.717) is 10.2 Å². The van der Waals surface area contributed by atoms with Gasteiger partial charge in [-0.3, -0.25) is 0 Å². The van der Waals surface area contributed by atoms with Crippen LogP contribution >= 0.6 is 23.1 Å². The maximum atomic E-state index is 8.17. The minimum Gasteiger partial charge on any atom is -0.383 e. The smallest absolute Gasteiger partial charge is 0.166 e. The van der Waals surface area contributed by atoms with Crippen molar-refractivity contribution in [2.24, 2.45) is 0 Å². The molecule has 0 saturated carbocycles. The molecule has 0 bridgehead atoms. The molecule has 0 saturated heterocycles. The first-order valence-electron chi connectivity index (χ1n) is 2.10. The van der Waals surface area contributed by atoms with E-state index in [-0.39, 0.29) is 0 Å². The Balaban J connectivity index is 2.76. The Morgan fingerprint density at radius 2 is 2.67 bits per heavy atom. The Labute approximate surface area is 60.5 Å². The molecular weight excluding hydrogens is 154 g/mol. The zero-order valence-corrected chi connectivity index (χ0v) is 6.00. The van der Waals surface area contributed by atoms with E-state index >= 15 is 0 Å². The van der Waals surface area contributed by atoms with E-state index in [4.69, 9.17) is 11.0 Å². The van der Waals surface area contributed by atoms with Gasteiger partial charge in [-0.15, -0.1) is 11.3 Å². The van der Waals surface area contributed by atoms with Crippen LogP contribution in [-0.2, 0) is 0 Å². The number of thioether (sulfide) groups is 1. The molecule has 0 radical (unpaired) electrons. The van der Waals surface area contributed by atoms with Gasteiger partial charge < -0.3 is 5.73 Å². The third-order valence-corrected chi connectivity index (χ3v) is 2.18. The molecular formula is C4H3N3S2. The molecule has 0 aliphatic rings. The number of nitrogen functional groups attached to an aromatic ring is 1. The summed E-state index contributed by atoms with van der Waals surface area (Å²) in [7, 11) is 0. The van der Waals surface area contributed by atoms with E-state index in [1.807, 2.05) is 5.40 Å². The van der Waals surface area contributed by atoms with Crippen LogP contribution in [-0.4, -0.2) is 4.98 Å². The van der Waals surface area contributed by atoms with Crippen molar-refractivity contribution in [2.45, 2.75) is 4.34 Å². The summed E-state index contributed by atoms with van der Waals surface area (Å²) in [6, 6.07) is 0. The number of nitrogens with two attached hydrogens (primary N) is 1. The highest BCUT2D eigenvalue weighted by atomic mass is 32.2. The molecule has 1 aromatic rings. The molecule has 1 heterocycles. The van der Waals surface area contributed by atoms with Gasteiger partial charge in [0, 0.05) is 17.1 Å². The number of nitrogens with zero attached hydrogens (tertiary/aromatic N) is 2. The number of hydrogen-bond donors (Lipinski definition) is 1. The number of hydrogen-bond acceptors (Lipinski definition) is 5.